The third-order valence-electron chi connectivity index (χ3n) is 5.51. The average Bonchev–Trinajstić information content (AvgIpc) is 3.52. The van der Waals surface area contributed by atoms with Crippen molar-refractivity contribution in [3.8, 4) is 22.8 Å². The molecule has 0 aliphatic heterocycles. The van der Waals surface area contributed by atoms with Gasteiger partial charge in [0.05, 0.1) is 24.2 Å². The molecule has 0 unspecified atom stereocenters. The number of thioether (sulfide) groups is 1. The number of methoxy groups -OCH3 is 1. The highest BCUT2D eigenvalue weighted by atomic mass is 32.2. The summed E-state index contributed by atoms with van der Waals surface area (Å²) in [4.78, 5) is 12.8. The van der Waals surface area contributed by atoms with Crippen LogP contribution in [0.1, 0.15) is 24.5 Å². The lowest BCUT2D eigenvalue weighted by molar-refractivity contribution is -0.113. The van der Waals surface area contributed by atoms with Crippen LogP contribution in [0.4, 0.5) is 5.82 Å². The van der Waals surface area contributed by atoms with Crippen molar-refractivity contribution in [2.75, 3.05) is 18.2 Å². The molecule has 0 saturated heterocycles. The largest absolute Gasteiger partial charge is 0.497 e. The van der Waals surface area contributed by atoms with Gasteiger partial charge in [-0.05, 0) is 49.2 Å². The number of anilines is 1. The van der Waals surface area contributed by atoms with Crippen LogP contribution >= 0.6 is 11.8 Å². The zero-order valence-corrected chi connectivity index (χ0v) is 19.2. The number of carbonyl (C=O) groups excluding carboxylic acids is 1. The quantitative estimate of drug-likeness (QED) is 0.395. The molecule has 2 aromatic heterocycles. The molecule has 0 atom stereocenters. The van der Waals surface area contributed by atoms with Gasteiger partial charge in [-0.15, -0.1) is 10.2 Å². The van der Waals surface area contributed by atoms with Crippen molar-refractivity contribution in [3.63, 3.8) is 0 Å². The maximum atomic E-state index is 12.8. The van der Waals surface area contributed by atoms with Crippen LogP contribution in [-0.2, 0) is 11.8 Å². The lowest BCUT2D eigenvalue weighted by atomic mass is 10.2. The van der Waals surface area contributed by atoms with Crippen LogP contribution < -0.4 is 10.1 Å². The number of hydrogen-bond acceptors (Lipinski definition) is 6. The Kier molecular flexibility index (Phi) is 5.87. The van der Waals surface area contributed by atoms with Gasteiger partial charge in [-0.1, -0.05) is 30.0 Å². The van der Waals surface area contributed by atoms with Crippen LogP contribution in [0.5, 0.6) is 5.75 Å². The first-order chi connectivity index (χ1) is 16.1. The van der Waals surface area contributed by atoms with E-state index >= 15 is 0 Å². The minimum atomic E-state index is -0.117. The summed E-state index contributed by atoms with van der Waals surface area (Å²) in [5.41, 5.74) is 2.88. The number of aromatic nitrogens is 5. The van der Waals surface area contributed by atoms with Crippen LogP contribution in [0, 0.1) is 0 Å². The van der Waals surface area contributed by atoms with E-state index in [-0.39, 0.29) is 11.7 Å². The molecule has 1 aliphatic carbocycles. The number of nitrogens with one attached hydrogen (secondary N) is 1. The highest BCUT2D eigenvalue weighted by Gasteiger charge is 2.28. The summed E-state index contributed by atoms with van der Waals surface area (Å²) in [6.07, 6.45) is 2.30. The van der Waals surface area contributed by atoms with Gasteiger partial charge in [-0.25, -0.2) is 4.68 Å². The van der Waals surface area contributed by atoms with Crippen molar-refractivity contribution in [3.05, 3.63) is 66.4 Å². The van der Waals surface area contributed by atoms with Gasteiger partial charge in [0.2, 0.25) is 5.91 Å². The van der Waals surface area contributed by atoms with Crippen LogP contribution in [0.25, 0.3) is 17.1 Å². The molecule has 8 nitrogen and oxygen atoms in total. The average molecular weight is 461 g/mol. The standard InChI is InChI=1S/C24H24N6O2S/c1-29-23(17-10-12-19(32-2)13-11-17)26-27-24(29)33-15-22(31)25-21-14-20(16-8-9-16)28-30(21)18-6-4-3-5-7-18/h3-7,10-14,16H,8-9,15H2,1-2H3,(H,25,31). The predicted octanol–water partition coefficient (Wildman–Crippen LogP) is 4.28. The molecule has 33 heavy (non-hydrogen) atoms. The van der Waals surface area contributed by atoms with Gasteiger partial charge in [-0.2, -0.15) is 5.10 Å². The van der Waals surface area contributed by atoms with Crippen molar-refractivity contribution in [1.82, 2.24) is 24.5 Å². The van der Waals surface area contributed by atoms with Crippen LogP contribution in [0.15, 0.2) is 65.8 Å². The monoisotopic (exact) mass is 460 g/mol. The van der Waals surface area contributed by atoms with Crippen molar-refractivity contribution < 1.29 is 9.53 Å². The summed E-state index contributed by atoms with van der Waals surface area (Å²) in [5.74, 6) is 2.80. The van der Waals surface area contributed by atoms with E-state index in [1.54, 1.807) is 11.8 Å². The number of ether oxygens (including phenoxy) is 1. The highest BCUT2D eigenvalue weighted by Crippen LogP contribution is 2.40. The van der Waals surface area contributed by atoms with E-state index in [0.29, 0.717) is 16.9 Å². The van der Waals surface area contributed by atoms with E-state index in [1.807, 2.05) is 72.3 Å². The van der Waals surface area contributed by atoms with Crippen LogP contribution in [0.2, 0.25) is 0 Å². The molecule has 168 valence electrons. The summed E-state index contributed by atoms with van der Waals surface area (Å²) in [5, 5.41) is 17.0. The normalized spacial score (nSPS) is 13.2. The third kappa shape index (κ3) is 4.63. The summed E-state index contributed by atoms with van der Waals surface area (Å²) in [7, 11) is 3.53. The molecule has 1 N–H and O–H groups in total. The first-order valence-electron chi connectivity index (χ1n) is 10.7. The van der Waals surface area contributed by atoms with Crippen molar-refractivity contribution in [1.29, 1.82) is 0 Å². The highest BCUT2D eigenvalue weighted by molar-refractivity contribution is 7.99. The molecule has 9 heteroatoms. The van der Waals surface area contributed by atoms with Gasteiger partial charge in [0, 0.05) is 24.6 Å². The molecule has 1 fully saturated rings. The van der Waals surface area contributed by atoms with E-state index in [9.17, 15) is 4.79 Å². The Bertz CT molecular complexity index is 1260. The second-order valence-electron chi connectivity index (χ2n) is 7.91. The lowest BCUT2D eigenvalue weighted by Gasteiger charge is -2.09. The number of nitrogens with zero attached hydrogens (tertiary/aromatic N) is 5. The van der Waals surface area contributed by atoms with Crippen molar-refractivity contribution >= 4 is 23.5 Å². The zero-order valence-electron chi connectivity index (χ0n) is 18.4. The number of hydrogen-bond donors (Lipinski definition) is 1. The Morgan fingerprint density at radius 3 is 2.58 bits per heavy atom. The second-order valence-corrected chi connectivity index (χ2v) is 8.85. The fraction of sp³-hybridized carbons (Fsp3) is 0.250. The topological polar surface area (TPSA) is 86.9 Å². The van der Waals surface area contributed by atoms with Gasteiger partial charge >= 0.3 is 0 Å². The number of para-hydroxylation sites is 1. The zero-order chi connectivity index (χ0) is 22.8. The van der Waals surface area contributed by atoms with Crippen molar-refractivity contribution in [2.45, 2.75) is 23.9 Å². The summed E-state index contributed by atoms with van der Waals surface area (Å²) >= 11 is 1.35. The Labute approximate surface area is 196 Å². The second kappa shape index (κ2) is 9.11. The number of benzene rings is 2. The van der Waals surface area contributed by atoms with Crippen LogP contribution in [0.3, 0.4) is 0 Å². The Morgan fingerprint density at radius 1 is 1.12 bits per heavy atom. The fourth-order valence-electron chi connectivity index (χ4n) is 3.57. The maximum Gasteiger partial charge on any atom is 0.236 e. The van der Waals surface area contributed by atoms with Gasteiger partial charge in [0.1, 0.15) is 11.6 Å². The first-order valence-corrected chi connectivity index (χ1v) is 11.7. The molecule has 5 rings (SSSR count). The molecular weight excluding hydrogens is 436 g/mol. The van der Waals surface area contributed by atoms with Gasteiger partial charge in [0.25, 0.3) is 0 Å². The third-order valence-corrected chi connectivity index (χ3v) is 6.53. The van der Waals surface area contributed by atoms with E-state index in [0.717, 1.165) is 41.4 Å². The van der Waals surface area contributed by atoms with Gasteiger partial charge < -0.3 is 14.6 Å². The van der Waals surface area contributed by atoms with E-state index in [2.05, 4.69) is 15.5 Å². The van der Waals surface area contributed by atoms with Crippen molar-refractivity contribution in [2.24, 2.45) is 7.05 Å². The smallest absolute Gasteiger partial charge is 0.236 e. The summed E-state index contributed by atoms with van der Waals surface area (Å²) in [6, 6.07) is 19.5. The summed E-state index contributed by atoms with van der Waals surface area (Å²) < 4.78 is 8.91. The Balaban J connectivity index is 1.27. The molecule has 2 heterocycles. The lowest BCUT2D eigenvalue weighted by Crippen LogP contribution is -2.17. The summed E-state index contributed by atoms with van der Waals surface area (Å²) in [6.45, 7) is 0. The minimum absolute atomic E-state index is 0.117. The fourth-order valence-corrected chi connectivity index (χ4v) is 4.29. The van der Waals surface area contributed by atoms with E-state index in [4.69, 9.17) is 9.84 Å². The van der Waals surface area contributed by atoms with Gasteiger partial charge in [-0.3, -0.25) is 4.79 Å². The van der Waals surface area contributed by atoms with E-state index < -0.39 is 0 Å². The van der Waals surface area contributed by atoms with Crippen LogP contribution in [-0.4, -0.2) is 43.3 Å². The number of carbonyl (C=O) groups is 1. The van der Waals surface area contributed by atoms with E-state index in [1.165, 1.54) is 11.8 Å². The number of amides is 1. The predicted molar refractivity (Wildman–Crippen MR) is 128 cm³/mol. The molecule has 1 saturated carbocycles. The maximum absolute atomic E-state index is 12.8. The molecule has 4 aromatic rings. The molecule has 1 aliphatic rings. The SMILES string of the molecule is COc1ccc(-c2nnc(SCC(=O)Nc3cc(C4CC4)nn3-c3ccccc3)n2C)cc1. The Morgan fingerprint density at radius 2 is 1.88 bits per heavy atom. The first kappa shape index (κ1) is 21.3. The number of rotatable bonds is 8. The Hall–Kier alpha value is -3.59. The molecule has 0 bridgehead atoms. The molecular formula is C24H24N6O2S. The molecule has 0 radical (unpaired) electrons. The molecule has 2 aromatic carbocycles. The molecule has 1 amide bonds. The van der Waals surface area contributed by atoms with Gasteiger partial charge in [0.15, 0.2) is 11.0 Å². The minimum Gasteiger partial charge on any atom is -0.497 e. The molecule has 0 spiro atoms.